The van der Waals surface area contributed by atoms with Crippen LogP contribution >= 0.6 is 0 Å². The summed E-state index contributed by atoms with van der Waals surface area (Å²) in [5.41, 5.74) is 0. The maximum atomic E-state index is 11.0. The van der Waals surface area contributed by atoms with E-state index in [1.807, 2.05) is 6.92 Å². The van der Waals surface area contributed by atoms with Crippen molar-refractivity contribution in [2.24, 2.45) is 0 Å². The molecule has 0 amide bonds. The molecule has 3 nitrogen and oxygen atoms in total. The third-order valence-electron chi connectivity index (χ3n) is 3.15. The minimum atomic E-state index is -0.0498. The maximum absolute atomic E-state index is 11.0. The summed E-state index contributed by atoms with van der Waals surface area (Å²) < 4.78 is 4.88. The molecule has 0 atom stereocenters. The zero-order valence-electron chi connectivity index (χ0n) is 10.5. The van der Waals surface area contributed by atoms with Crippen molar-refractivity contribution in [3.8, 4) is 0 Å². The van der Waals surface area contributed by atoms with Crippen LogP contribution in [0.5, 0.6) is 0 Å². The average molecular weight is 227 g/mol. The van der Waals surface area contributed by atoms with E-state index in [-0.39, 0.29) is 5.97 Å². The standard InChI is InChI=1S/C13H25NO2/c1-2-16-13(15)10-4-3-7-11-14-12-8-5-6-9-12/h12,14H,2-11H2,1H3. The number of unbranched alkanes of at least 4 members (excludes halogenated alkanes) is 2. The number of hydrogen-bond acceptors (Lipinski definition) is 3. The summed E-state index contributed by atoms with van der Waals surface area (Å²) in [6.45, 7) is 3.46. The molecule has 0 spiro atoms. The van der Waals surface area contributed by atoms with Crippen LogP contribution in [0.3, 0.4) is 0 Å². The highest BCUT2D eigenvalue weighted by atomic mass is 16.5. The molecule has 1 N–H and O–H groups in total. The second kappa shape index (κ2) is 8.57. The highest BCUT2D eigenvalue weighted by Gasteiger charge is 2.13. The van der Waals surface area contributed by atoms with Crippen LogP contribution in [0.2, 0.25) is 0 Å². The molecule has 0 bridgehead atoms. The Bertz CT molecular complexity index is 188. The molecule has 0 aromatic carbocycles. The number of nitrogens with one attached hydrogen (secondary N) is 1. The van der Waals surface area contributed by atoms with E-state index in [1.54, 1.807) is 0 Å². The highest BCUT2D eigenvalue weighted by molar-refractivity contribution is 5.69. The van der Waals surface area contributed by atoms with Gasteiger partial charge in [0.2, 0.25) is 0 Å². The smallest absolute Gasteiger partial charge is 0.305 e. The van der Waals surface area contributed by atoms with Gasteiger partial charge < -0.3 is 10.1 Å². The molecule has 1 saturated carbocycles. The third kappa shape index (κ3) is 6.11. The van der Waals surface area contributed by atoms with E-state index in [0.29, 0.717) is 13.0 Å². The summed E-state index contributed by atoms with van der Waals surface area (Å²) in [5, 5.41) is 3.58. The predicted molar refractivity (Wildman–Crippen MR) is 65.4 cm³/mol. The Morgan fingerprint density at radius 2 is 2.00 bits per heavy atom. The molecule has 1 fully saturated rings. The zero-order valence-corrected chi connectivity index (χ0v) is 10.5. The SMILES string of the molecule is CCOC(=O)CCCCCNC1CCCC1. The largest absolute Gasteiger partial charge is 0.466 e. The fourth-order valence-electron chi connectivity index (χ4n) is 2.24. The summed E-state index contributed by atoms with van der Waals surface area (Å²) in [6.07, 6.45) is 9.32. The summed E-state index contributed by atoms with van der Waals surface area (Å²) in [4.78, 5) is 11.0. The van der Waals surface area contributed by atoms with Gasteiger partial charge in [-0.15, -0.1) is 0 Å². The van der Waals surface area contributed by atoms with E-state index in [4.69, 9.17) is 4.74 Å². The first-order valence-corrected chi connectivity index (χ1v) is 6.72. The summed E-state index contributed by atoms with van der Waals surface area (Å²) in [6, 6.07) is 0.769. The zero-order chi connectivity index (χ0) is 11.6. The first-order chi connectivity index (χ1) is 7.83. The molecule has 0 aromatic rings. The van der Waals surface area contributed by atoms with E-state index in [9.17, 15) is 4.79 Å². The quantitative estimate of drug-likeness (QED) is 0.512. The summed E-state index contributed by atoms with van der Waals surface area (Å²) >= 11 is 0. The fourth-order valence-corrected chi connectivity index (χ4v) is 2.24. The molecule has 1 aliphatic rings. The number of rotatable bonds is 8. The molecule has 0 heterocycles. The lowest BCUT2D eigenvalue weighted by Gasteiger charge is -2.11. The summed E-state index contributed by atoms with van der Waals surface area (Å²) in [5.74, 6) is -0.0498. The van der Waals surface area contributed by atoms with E-state index >= 15 is 0 Å². The second-order valence-electron chi connectivity index (χ2n) is 4.55. The first kappa shape index (κ1) is 13.5. The molecule has 1 rings (SSSR count). The predicted octanol–water partition coefficient (Wildman–Crippen LogP) is 2.64. The van der Waals surface area contributed by atoms with Crippen molar-refractivity contribution in [3.05, 3.63) is 0 Å². The molecule has 0 radical (unpaired) electrons. The second-order valence-corrected chi connectivity index (χ2v) is 4.55. The van der Waals surface area contributed by atoms with Crippen LogP contribution in [0.25, 0.3) is 0 Å². The van der Waals surface area contributed by atoms with Crippen molar-refractivity contribution in [2.75, 3.05) is 13.2 Å². The Kier molecular flexibility index (Phi) is 7.23. The van der Waals surface area contributed by atoms with Gasteiger partial charge in [-0.1, -0.05) is 19.3 Å². The molecule has 0 aromatic heterocycles. The Morgan fingerprint density at radius 3 is 2.69 bits per heavy atom. The van der Waals surface area contributed by atoms with Gasteiger partial charge in [0.05, 0.1) is 6.61 Å². The van der Waals surface area contributed by atoms with Gasteiger partial charge in [0.1, 0.15) is 0 Å². The van der Waals surface area contributed by atoms with Crippen LogP contribution in [-0.4, -0.2) is 25.2 Å². The van der Waals surface area contributed by atoms with Gasteiger partial charge in [-0.3, -0.25) is 4.79 Å². The molecule has 1 aliphatic carbocycles. The van der Waals surface area contributed by atoms with E-state index in [0.717, 1.165) is 25.4 Å². The van der Waals surface area contributed by atoms with Crippen LogP contribution in [0.15, 0.2) is 0 Å². The molecule has 16 heavy (non-hydrogen) atoms. The third-order valence-corrected chi connectivity index (χ3v) is 3.15. The van der Waals surface area contributed by atoms with Gasteiger partial charge in [-0.2, -0.15) is 0 Å². The van der Waals surface area contributed by atoms with Crippen molar-refractivity contribution in [1.29, 1.82) is 0 Å². The number of esters is 1. The lowest BCUT2D eigenvalue weighted by molar-refractivity contribution is -0.143. The number of hydrogen-bond donors (Lipinski definition) is 1. The van der Waals surface area contributed by atoms with Crippen LogP contribution in [0.4, 0.5) is 0 Å². The molecular formula is C13H25NO2. The Balaban J connectivity index is 1.82. The number of ether oxygens (including phenoxy) is 1. The van der Waals surface area contributed by atoms with Gasteiger partial charge in [0, 0.05) is 12.5 Å². The number of carbonyl (C=O) groups is 1. The fraction of sp³-hybridized carbons (Fsp3) is 0.923. The van der Waals surface area contributed by atoms with Crippen molar-refractivity contribution in [1.82, 2.24) is 5.32 Å². The lowest BCUT2D eigenvalue weighted by atomic mass is 10.2. The molecule has 0 aliphatic heterocycles. The van der Waals surface area contributed by atoms with Gasteiger partial charge >= 0.3 is 5.97 Å². The van der Waals surface area contributed by atoms with E-state index < -0.39 is 0 Å². The summed E-state index contributed by atoms with van der Waals surface area (Å²) in [7, 11) is 0. The highest BCUT2D eigenvalue weighted by Crippen LogP contribution is 2.17. The Morgan fingerprint density at radius 1 is 1.25 bits per heavy atom. The van der Waals surface area contributed by atoms with Crippen LogP contribution in [0.1, 0.15) is 58.3 Å². The van der Waals surface area contributed by atoms with Crippen LogP contribution in [-0.2, 0) is 9.53 Å². The van der Waals surface area contributed by atoms with Gasteiger partial charge in [-0.25, -0.2) is 0 Å². The molecular weight excluding hydrogens is 202 g/mol. The maximum Gasteiger partial charge on any atom is 0.305 e. The van der Waals surface area contributed by atoms with E-state index in [1.165, 1.54) is 32.1 Å². The monoisotopic (exact) mass is 227 g/mol. The van der Waals surface area contributed by atoms with Crippen molar-refractivity contribution >= 4 is 5.97 Å². The number of carbonyl (C=O) groups excluding carboxylic acids is 1. The van der Waals surface area contributed by atoms with Gasteiger partial charge in [-0.05, 0) is 39.2 Å². The van der Waals surface area contributed by atoms with Crippen molar-refractivity contribution in [3.63, 3.8) is 0 Å². The van der Waals surface area contributed by atoms with E-state index in [2.05, 4.69) is 5.32 Å². The van der Waals surface area contributed by atoms with Crippen molar-refractivity contribution in [2.45, 2.75) is 64.3 Å². The molecule has 3 heteroatoms. The van der Waals surface area contributed by atoms with Crippen molar-refractivity contribution < 1.29 is 9.53 Å². The lowest BCUT2D eigenvalue weighted by Crippen LogP contribution is -2.26. The molecule has 0 saturated heterocycles. The normalized spacial score (nSPS) is 16.6. The van der Waals surface area contributed by atoms with Crippen LogP contribution in [0, 0.1) is 0 Å². The Labute approximate surface area is 98.9 Å². The van der Waals surface area contributed by atoms with Gasteiger partial charge in [0.15, 0.2) is 0 Å². The topological polar surface area (TPSA) is 38.3 Å². The minimum Gasteiger partial charge on any atom is -0.466 e. The minimum absolute atomic E-state index is 0.0498. The van der Waals surface area contributed by atoms with Crippen LogP contribution < -0.4 is 5.32 Å². The molecule has 0 unspecified atom stereocenters. The van der Waals surface area contributed by atoms with Gasteiger partial charge in [0.25, 0.3) is 0 Å². The first-order valence-electron chi connectivity index (χ1n) is 6.72. The Hall–Kier alpha value is -0.570. The average Bonchev–Trinajstić information content (AvgIpc) is 2.76. The molecule has 94 valence electrons.